The van der Waals surface area contributed by atoms with E-state index in [0.717, 1.165) is 12.2 Å². The molecule has 0 spiro atoms. The van der Waals surface area contributed by atoms with Crippen LogP contribution in [-0.2, 0) is 23.6 Å². The van der Waals surface area contributed by atoms with Crippen molar-refractivity contribution >= 4 is 10.0 Å². The van der Waals surface area contributed by atoms with Gasteiger partial charge in [0.05, 0.1) is 0 Å². The molecule has 2 aliphatic rings. The number of aromatic nitrogens is 1. The van der Waals surface area contributed by atoms with Gasteiger partial charge in [-0.05, 0) is 30.7 Å². The predicted octanol–water partition coefficient (Wildman–Crippen LogP) is 1.55. The summed E-state index contributed by atoms with van der Waals surface area (Å²) in [5.41, 5.74) is 1.03. The highest BCUT2D eigenvalue weighted by Gasteiger charge is 2.35. The van der Waals surface area contributed by atoms with Crippen LogP contribution in [0.25, 0.3) is 0 Å². The SMILES string of the molecule is CC1CN(S(=O)(=O)c2cc(CNC3CC3)n(C)c2)CC1C. The minimum atomic E-state index is -3.34. The lowest BCUT2D eigenvalue weighted by molar-refractivity contribution is 0.463. The largest absolute Gasteiger partial charge is 0.352 e. The summed E-state index contributed by atoms with van der Waals surface area (Å²) >= 11 is 0. The summed E-state index contributed by atoms with van der Waals surface area (Å²) in [5, 5.41) is 3.43. The molecule has 5 nitrogen and oxygen atoms in total. The molecule has 2 unspecified atom stereocenters. The highest BCUT2D eigenvalue weighted by molar-refractivity contribution is 7.89. The molecular formula is C15H25N3O2S. The monoisotopic (exact) mass is 311 g/mol. The minimum absolute atomic E-state index is 0.430. The van der Waals surface area contributed by atoms with Crippen molar-refractivity contribution in [2.45, 2.75) is 44.2 Å². The van der Waals surface area contributed by atoms with Gasteiger partial charge in [0.2, 0.25) is 10.0 Å². The Balaban J connectivity index is 1.77. The third-order valence-corrected chi connectivity index (χ3v) is 6.62. The normalized spacial score (nSPS) is 27.4. The van der Waals surface area contributed by atoms with Crippen molar-refractivity contribution in [3.63, 3.8) is 0 Å². The molecule has 21 heavy (non-hydrogen) atoms. The summed E-state index contributed by atoms with van der Waals surface area (Å²) < 4.78 is 29.0. The number of sulfonamides is 1. The number of rotatable bonds is 5. The van der Waals surface area contributed by atoms with Crippen LogP contribution in [0.3, 0.4) is 0 Å². The highest BCUT2D eigenvalue weighted by Crippen LogP contribution is 2.29. The second-order valence-electron chi connectivity index (χ2n) is 6.71. The topological polar surface area (TPSA) is 54.3 Å². The van der Waals surface area contributed by atoms with Crippen molar-refractivity contribution in [3.05, 3.63) is 18.0 Å². The minimum Gasteiger partial charge on any atom is -0.352 e. The first-order chi connectivity index (χ1) is 9.88. The molecule has 118 valence electrons. The van der Waals surface area contributed by atoms with Gasteiger partial charge < -0.3 is 9.88 Å². The molecule has 6 heteroatoms. The van der Waals surface area contributed by atoms with Gasteiger partial charge in [0, 0.05) is 44.6 Å². The molecule has 2 atom stereocenters. The van der Waals surface area contributed by atoms with Crippen LogP contribution in [0, 0.1) is 11.8 Å². The first-order valence-corrected chi connectivity index (χ1v) is 9.20. The lowest BCUT2D eigenvalue weighted by atomic mass is 10.0. The average molecular weight is 311 g/mol. The summed E-state index contributed by atoms with van der Waals surface area (Å²) in [6.45, 7) is 6.25. The van der Waals surface area contributed by atoms with E-state index in [9.17, 15) is 8.42 Å². The molecule has 1 aliphatic heterocycles. The molecule has 1 saturated carbocycles. The number of nitrogens with one attached hydrogen (secondary N) is 1. The molecular weight excluding hydrogens is 286 g/mol. The van der Waals surface area contributed by atoms with Gasteiger partial charge in [0.25, 0.3) is 0 Å². The zero-order chi connectivity index (χ0) is 15.2. The Bertz CT molecular complexity index is 609. The summed E-state index contributed by atoms with van der Waals surface area (Å²) in [5.74, 6) is 0.860. The maximum absolute atomic E-state index is 12.7. The molecule has 3 rings (SSSR count). The van der Waals surface area contributed by atoms with Crippen LogP contribution in [-0.4, -0.2) is 36.4 Å². The Morgan fingerprint density at radius 2 is 1.86 bits per heavy atom. The molecule has 0 radical (unpaired) electrons. The maximum atomic E-state index is 12.7. The van der Waals surface area contributed by atoms with E-state index in [1.54, 1.807) is 10.5 Å². The predicted molar refractivity (Wildman–Crippen MR) is 82.4 cm³/mol. The highest BCUT2D eigenvalue weighted by atomic mass is 32.2. The van der Waals surface area contributed by atoms with Crippen LogP contribution in [0.15, 0.2) is 17.2 Å². The van der Waals surface area contributed by atoms with E-state index in [1.165, 1.54) is 12.8 Å². The van der Waals surface area contributed by atoms with Gasteiger partial charge in [-0.3, -0.25) is 0 Å². The molecule has 1 aromatic heterocycles. The van der Waals surface area contributed by atoms with Crippen LogP contribution in [0.1, 0.15) is 32.4 Å². The zero-order valence-electron chi connectivity index (χ0n) is 13.0. The number of nitrogens with zero attached hydrogens (tertiary/aromatic N) is 2. The van der Waals surface area contributed by atoms with E-state index in [0.29, 0.717) is 35.9 Å². The van der Waals surface area contributed by atoms with Crippen LogP contribution in [0.2, 0.25) is 0 Å². The van der Waals surface area contributed by atoms with Crippen LogP contribution < -0.4 is 5.32 Å². The number of aryl methyl sites for hydroxylation is 1. The third kappa shape index (κ3) is 3.03. The Kier molecular flexibility index (Phi) is 3.88. The molecule has 0 amide bonds. The van der Waals surface area contributed by atoms with Crippen molar-refractivity contribution in [1.29, 1.82) is 0 Å². The van der Waals surface area contributed by atoms with Crippen molar-refractivity contribution in [2.24, 2.45) is 18.9 Å². The first kappa shape index (κ1) is 15.1. The maximum Gasteiger partial charge on any atom is 0.244 e. The van der Waals surface area contributed by atoms with Gasteiger partial charge in [-0.1, -0.05) is 13.8 Å². The van der Waals surface area contributed by atoms with E-state index in [4.69, 9.17) is 0 Å². The van der Waals surface area contributed by atoms with Crippen molar-refractivity contribution < 1.29 is 8.42 Å². The van der Waals surface area contributed by atoms with Crippen molar-refractivity contribution in [3.8, 4) is 0 Å². The van der Waals surface area contributed by atoms with Crippen LogP contribution in [0.5, 0.6) is 0 Å². The smallest absolute Gasteiger partial charge is 0.244 e. The van der Waals surface area contributed by atoms with E-state index in [-0.39, 0.29) is 0 Å². The van der Waals surface area contributed by atoms with Crippen LogP contribution in [0.4, 0.5) is 0 Å². The van der Waals surface area contributed by atoms with Gasteiger partial charge in [0.15, 0.2) is 0 Å². The number of hydrogen-bond donors (Lipinski definition) is 1. The van der Waals surface area contributed by atoms with E-state index < -0.39 is 10.0 Å². The van der Waals surface area contributed by atoms with Crippen molar-refractivity contribution in [1.82, 2.24) is 14.2 Å². The quantitative estimate of drug-likeness (QED) is 0.898. The van der Waals surface area contributed by atoms with Gasteiger partial charge in [-0.15, -0.1) is 0 Å². The fourth-order valence-electron chi connectivity index (χ4n) is 2.85. The molecule has 2 heterocycles. The molecule has 1 saturated heterocycles. The third-order valence-electron chi connectivity index (χ3n) is 4.82. The fourth-order valence-corrected chi connectivity index (χ4v) is 4.59. The summed E-state index contributed by atoms with van der Waals surface area (Å²) in [6.07, 6.45) is 4.21. The lowest BCUT2D eigenvalue weighted by Gasteiger charge is -2.14. The molecule has 0 aromatic carbocycles. The first-order valence-electron chi connectivity index (χ1n) is 7.76. The molecule has 1 aromatic rings. The molecule has 1 N–H and O–H groups in total. The van der Waals surface area contributed by atoms with Gasteiger partial charge in [0.1, 0.15) is 4.90 Å². The Labute approximate surface area is 127 Å². The second kappa shape index (κ2) is 5.41. The van der Waals surface area contributed by atoms with Gasteiger partial charge >= 0.3 is 0 Å². The zero-order valence-corrected chi connectivity index (χ0v) is 13.9. The second-order valence-corrected chi connectivity index (χ2v) is 8.65. The fraction of sp³-hybridized carbons (Fsp3) is 0.733. The van der Waals surface area contributed by atoms with Gasteiger partial charge in [-0.25, -0.2) is 8.42 Å². The standard InChI is InChI=1S/C15H25N3O2S/c1-11-8-18(9-12(11)2)21(19,20)15-6-14(17(3)10-15)7-16-13-4-5-13/h6,10-13,16H,4-5,7-9H2,1-3H3. The lowest BCUT2D eigenvalue weighted by Crippen LogP contribution is -2.28. The van der Waals surface area contributed by atoms with E-state index in [1.807, 2.05) is 17.7 Å². The van der Waals surface area contributed by atoms with Gasteiger partial charge in [-0.2, -0.15) is 4.31 Å². The summed E-state index contributed by atoms with van der Waals surface area (Å²) in [4.78, 5) is 0.430. The van der Waals surface area contributed by atoms with E-state index in [2.05, 4.69) is 19.2 Å². The molecule has 1 aliphatic carbocycles. The molecule has 2 fully saturated rings. The summed E-state index contributed by atoms with van der Waals surface area (Å²) in [7, 11) is -1.43. The Morgan fingerprint density at radius 3 is 2.43 bits per heavy atom. The summed E-state index contributed by atoms with van der Waals surface area (Å²) in [6, 6.07) is 2.44. The average Bonchev–Trinajstić information content (AvgIpc) is 3.08. The number of hydrogen-bond acceptors (Lipinski definition) is 3. The van der Waals surface area contributed by atoms with Crippen molar-refractivity contribution in [2.75, 3.05) is 13.1 Å². The van der Waals surface area contributed by atoms with Crippen LogP contribution >= 0.6 is 0 Å². The van der Waals surface area contributed by atoms with E-state index >= 15 is 0 Å². The Hall–Kier alpha value is -0.850. The molecule has 0 bridgehead atoms. The Morgan fingerprint density at radius 1 is 1.24 bits per heavy atom.